The van der Waals surface area contributed by atoms with Gasteiger partial charge in [-0.25, -0.2) is 0 Å². The first-order valence-electron chi connectivity index (χ1n) is 6.38. The van der Waals surface area contributed by atoms with E-state index in [4.69, 9.17) is 5.73 Å². The van der Waals surface area contributed by atoms with Crippen LogP contribution in [0, 0.1) is 5.92 Å². The van der Waals surface area contributed by atoms with E-state index in [1.807, 2.05) is 6.07 Å². The van der Waals surface area contributed by atoms with Gasteiger partial charge in [-0.05, 0) is 43.4 Å². The van der Waals surface area contributed by atoms with Crippen LogP contribution >= 0.6 is 0 Å². The number of hydrogen-bond acceptors (Lipinski definition) is 3. The third-order valence-electron chi connectivity index (χ3n) is 3.16. The maximum absolute atomic E-state index is 12.0. The molecule has 0 aliphatic heterocycles. The van der Waals surface area contributed by atoms with Gasteiger partial charge in [0.05, 0.1) is 6.04 Å². The Morgan fingerprint density at radius 1 is 1.56 bits per heavy atom. The Morgan fingerprint density at radius 2 is 2.28 bits per heavy atom. The van der Waals surface area contributed by atoms with Crippen LogP contribution in [-0.4, -0.2) is 28.5 Å². The molecule has 1 aromatic carbocycles. The minimum Gasteiger partial charge on any atom is -0.508 e. The highest BCUT2D eigenvalue weighted by molar-refractivity contribution is 5.81. The van der Waals surface area contributed by atoms with Gasteiger partial charge in [0.1, 0.15) is 5.75 Å². The highest BCUT2D eigenvalue weighted by atomic mass is 16.3. The zero-order valence-electron chi connectivity index (χ0n) is 10.7. The van der Waals surface area contributed by atoms with Crippen LogP contribution < -0.4 is 5.73 Å². The molecule has 1 saturated carbocycles. The van der Waals surface area contributed by atoms with Crippen molar-refractivity contribution in [3.63, 3.8) is 0 Å². The number of rotatable bonds is 5. The van der Waals surface area contributed by atoms with E-state index in [1.165, 1.54) is 12.8 Å². The smallest absolute Gasteiger partial charge is 0.239 e. The van der Waals surface area contributed by atoms with E-state index < -0.39 is 6.04 Å². The van der Waals surface area contributed by atoms with Crippen LogP contribution in [0.2, 0.25) is 0 Å². The van der Waals surface area contributed by atoms with E-state index in [1.54, 1.807) is 30.0 Å². The summed E-state index contributed by atoms with van der Waals surface area (Å²) in [6.07, 6.45) is 2.39. The molecule has 0 heterocycles. The predicted molar refractivity (Wildman–Crippen MR) is 69.9 cm³/mol. The summed E-state index contributed by atoms with van der Waals surface area (Å²) in [7, 11) is 0. The quantitative estimate of drug-likeness (QED) is 0.829. The fourth-order valence-corrected chi connectivity index (χ4v) is 2.01. The van der Waals surface area contributed by atoms with Crippen LogP contribution in [-0.2, 0) is 11.3 Å². The number of phenols is 1. The Labute approximate surface area is 107 Å². The molecule has 0 saturated heterocycles. The molecule has 18 heavy (non-hydrogen) atoms. The van der Waals surface area contributed by atoms with Gasteiger partial charge in [0.25, 0.3) is 0 Å². The second-order valence-electron chi connectivity index (χ2n) is 5.12. The molecule has 1 atom stereocenters. The number of phenolic OH excluding ortho intramolecular Hbond substituents is 1. The first kappa shape index (κ1) is 12.9. The number of nitrogens with two attached hydrogens (primary N) is 1. The number of aromatic hydroxyl groups is 1. The topological polar surface area (TPSA) is 66.6 Å². The predicted octanol–water partition coefficient (Wildman–Crippen LogP) is 1.48. The minimum absolute atomic E-state index is 0.0229. The molecule has 0 aromatic heterocycles. The number of amides is 1. The monoisotopic (exact) mass is 248 g/mol. The van der Waals surface area contributed by atoms with Gasteiger partial charge in [-0.1, -0.05) is 12.1 Å². The molecular formula is C14H20N2O2. The Balaban J connectivity index is 2.06. The van der Waals surface area contributed by atoms with Gasteiger partial charge in [-0.3, -0.25) is 4.79 Å². The fourth-order valence-electron chi connectivity index (χ4n) is 2.01. The highest BCUT2D eigenvalue weighted by Crippen LogP contribution is 2.30. The lowest BCUT2D eigenvalue weighted by Crippen LogP contribution is -2.42. The first-order chi connectivity index (χ1) is 8.56. The molecule has 0 spiro atoms. The summed E-state index contributed by atoms with van der Waals surface area (Å²) < 4.78 is 0. The van der Waals surface area contributed by atoms with Crippen LogP contribution in [0.1, 0.15) is 25.3 Å². The van der Waals surface area contributed by atoms with Gasteiger partial charge in [0.15, 0.2) is 0 Å². The largest absolute Gasteiger partial charge is 0.508 e. The van der Waals surface area contributed by atoms with Gasteiger partial charge >= 0.3 is 0 Å². The van der Waals surface area contributed by atoms with Crippen molar-refractivity contribution in [2.24, 2.45) is 11.7 Å². The zero-order chi connectivity index (χ0) is 13.1. The molecule has 1 aliphatic carbocycles. The molecule has 0 unspecified atom stereocenters. The average Bonchev–Trinajstić information content (AvgIpc) is 3.11. The number of hydrogen-bond donors (Lipinski definition) is 2. The van der Waals surface area contributed by atoms with E-state index >= 15 is 0 Å². The third kappa shape index (κ3) is 3.47. The van der Waals surface area contributed by atoms with Crippen molar-refractivity contribution in [1.82, 2.24) is 4.90 Å². The molecule has 0 radical (unpaired) electrons. The summed E-state index contributed by atoms with van der Waals surface area (Å²) in [6.45, 7) is 3.01. The molecule has 4 heteroatoms. The Bertz CT molecular complexity index is 428. The summed E-state index contributed by atoms with van der Waals surface area (Å²) in [5, 5.41) is 9.44. The second kappa shape index (κ2) is 5.40. The van der Waals surface area contributed by atoms with E-state index in [0.717, 1.165) is 12.1 Å². The van der Waals surface area contributed by atoms with Crippen molar-refractivity contribution in [1.29, 1.82) is 0 Å². The number of carbonyl (C=O) groups excluding carboxylic acids is 1. The third-order valence-corrected chi connectivity index (χ3v) is 3.16. The van der Waals surface area contributed by atoms with Crippen LogP contribution in [0.15, 0.2) is 24.3 Å². The van der Waals surface area contributed by atoms with Gasteiger partial charge in [-0.15, -0.1) is 0 Å². The molecule has 1 fully saturated rings. The molecule has 2 rings (SSSR count). The van der Waals surface area contributed by atoms with Crippen molar-refractivity contribution in [2.45, 2.75) is 32.4 Å². The standard InChI is InChI=1S/C14H20N2O2/c1-10(15)14(18)16(8-11-5-6-11)9-12-3-2-4-13(17)7-12/h2-4,7,10-11,17H,5-6,8-9,15H2,1H3/t10-/m1/s1. The Hall–Kier alpha value is -1.55. The summed E-state index contributed by atoms with van der Waals surface area (Å²) in [4.78, 5) is 13.8. The van der Waals surface area contributed by atoms with Gasteiger partial charge in [-0.2, -0.15) is 0 Å². The molecule has 0 bridgehead atoms. The molecule has 3 N–H and O–H groups in total. The van der Waals surface area contributed by atoms with Gasteiger partial charge in [0.2, 0.25) is 5.91 Å². The van der Waals surface area contributed by atoms with Crippen molar-refractivity contribution in [3.05, 3.63) is 29.8 Å². The molecule has 98 valence electrons. The highest BCUT2D eigenvalue weighted by Gasteiger charge is 2.27. The minimum atomic E-state index is -0.471. The van der Waals surface area contributed by atoms with Crippen LogP contribution in [0.3, 0.4) is 0 Å². The average molecular weight is 248 g/mol. The van der Waals surface area contributed by atoms with Crippen molar-refractivity contribution in [2.75, 3.05) is 6.54 Å². The number of nitrogens with zero attached hydrogens (tertiary/aromatic N) is 1. The summed E-state index contributed by atoms with van der Waals surface area (Å²) in [5.74, 6) is 0.836. The maximum atomic E-state index is 12.0. The molecule has 4 nitrogen and oxygen atoms in total. The maximum Gasteiger partial charge on any atom is 0.239 e. The fraction of sp³-hybridized carbons (Fsp3) is 0.500. The SMILES string of the molecule is C[C@@H](N)C(=O)N(Cc1cccc(O)c1)CC1CC1. The van der Waals surface area contributed by atoms with E-state index in [2.05, 4.69) is 0 Å². The summed E-state index contributed by atoms with van der Waals surface area (Å²) >= 11 is 0. The molecule has 1 amide bonds. The lowest BCUT2D eigenvalue weighted by Gasteiger charge is -2.24. The molecular weight excluding hydrogens is 228 g/mol. The number of benzene rings is 1. The molecule has 1 aromatic rings. The lowest BCUT2D eigenvalue weighted by atomic mass is 10.1. The second-order valence-corrected chi connectivity index (χ2v) is 5.12. The normalized spacial score (nSPS) is 16.3. The zero-order valence-corrected chi connectivity index (χ0v) is 10.7. The van der Waals surface area contributed by atoms with Crippen molar-refractivity contribution < 1.29 is 9.90 Å². The molecule has 1 aliphatic rings. The first-order valence-corrected chi connectivity index (χ1v) is 6.38. The van der Waals surface area contributed by atoms with Crippen molar-refractivity contribution in [3.8, 4) is 5.75 Å². The van der Waals surface area contributed by atoms with Crippen molar-refractivity contribution >= 4 is 5.91 Å². The lowest BCUT2D eigenvalue weighted by molar-refractivity contribution is -0.133. The van der Waals surface area contributed by atoms with Crippen LogP contribution in [0.5, 0.6) is 5.75 Å². The Morgan fingerprint density at radius 3 is 2.83 bits per heavy atom. The summed E-state index contributed by atoms with van der Waals surface area (Å²) in [6, 6.07) is 6.54. The van der Waals surface area contributed by atoms with Gasteiger partial charge < -0.3 is 15.7 Å². The van der Waals surface area contributed by atoms with Crippen LogP contribution in [0.25, 0.3) is 0 Å². The van der Waals surface area contributed by atoms with Crippen LogP contribution in [0.4, 0.5) is 0 Å². The van der Waals surface area contributed by atoms with E-state index in [9.17, 15) is 9.90 Å². The van der Waals surface area contributed by atoms with Gasteiger partial charge in [0, 0.05) is 13.1 Å². The van der Waals surface area contributed by atoms with E-state index in [0.29, 0.717) is 12.5 Å². The number of carbonyl (C=O) groups is 1. The Kier molecular flexibility index (Phi) is 3.87. The summed E-state index contributed by atoms with van der Waals surface area (Å²) in [5.41, 5.74) is 6.61. The van der Waals surface area contributed by atoms with E-state index in [-0.39, 0.29) is 11.7 Å².